The molecule has 1 amide bonds. The third kappa shape index (κ3) is 3.78. The third-order valence-corrected chi connectivity index (χ3v) is 5.46. The van der Waals surface area contributed by atoms with Crippen LogP contribution in [0.3, 0.4) is 0 Å². The van der Waals surface area contributed by atoms with Crippen LogP contribution in [-0.4, -0.2) is 32.8 Å². The van der Waals surface area contributed by atoms with Gasteiger partial charge in [0.25, 0.3) is 5.91 Å². The fourth-order valence-corrected chi connectivity index (χ4v) is 3.77. The summed E-state index contributed by atoms with van der Waals surface area (Å²) in [5.74, 6) is 0.0114. The number of alkyl halides is 3. The summed E-state index contributed by atoms with van der Waals surface area (Å²) in [6.07, 6.45) is -1.73. The van der Waals surface area contributed by atoms with Crippen LogP contribution in [0.4, 0.5) is 19.0 Å². The molecule has 162 valence electrons. The summed E-state index contributed by atoms with van der Waals surface area (Å²) < 4.78 is 43.9. The summed E-state index contributed by atoms with van der Waals surface area (Å²) in [5.41, 5.74) is 7.97. The standard InChI is InChI=1S/C21H20F3N5O2/c1-3-18(15-5-4-11(7-26-15)21(22,23)24)29(2)20(30)16-6-12-13-9-31-10-14(13)19(25)28-17(12)8-27-16/h4-8,18H,3,9-10H2,1-2H3,(H2,25,28)/t18-/m1/s1. The van der Waals surface area contributed by atoms with Crippen molar-refractivity contribution in [2.75, 3.05) is 12.8 Å². The van der Waals surface area contributed by atoms with Gasteiger partial charge >= 0.3 is 6.18 Å². The lowest BCUT2D eigenvalue weighted by molar-refractivity contribution is -0.137. The van der Waals surface area contributed by atoms with E-state index in [0.29, 0.717) is 36.7 Å². The van der Waals surface area contributed by atoms with Gasteiger partial charge in [-0.3, -0.25) is 9.78 Å². The molecule has 10 heteroatoms. The Hall–Kier alpha value is -3.27. The molecule has 1 atom stereocenters. The smallest absolute Gasteiger partial charge is 0.383 e. The van der Waals surface area contributed by atoms with E-state index in [2.05, 4.69) is 15.0 Å². The summed E-state index contributed by atoms with van der Waals surface area (Å²) in [5, 5.41) is 0.745. The normalized spacial score (nSPS) is 14.5. The highest BCUT2D eigenvalue weighted by molar-refractivity contribution is 5.97. The van der Waals surface area contributed by atoms with E-state index in [1.165, 1.54) is 17.2 Å². The summed E-state index contributed by atoms with van der Waals surface area (Å²) in [7, 11) is 1.58. The summed E-state index contributed by atoms with van der Waals surface area (Å²) >= 11 is 0. The molecule has 0 aromatic carbocycles. The highest BCUT2D eigenvalue weighted by Crippen LogP contribution is 2.32. The zero-order chi connectivity index (χ0) is 22.3. The highest BCUT2D eigenvalue weighted by atomic mass is 19.4. The van der Waals surface area contributed by atoms with Crippen molar-refractivity contribution in [3.8, 4) is 0 Å². The van der Waals surface area contributed by atoms with E-state index in [4.69, 9.17) is 10.5 Å². The topological polar surface area (TPSA) is 94.2 Å². The van der Waals surface area contributed by atoms with Crippen molar-refractivity contribution in [2.24, 2.45) is 0 Å². The van der Waals surface area contributed by atoms with E-state index >= 15 is 0 Å². The molecule has 2 N–H and O–H groups in total. The van der Waals surface area contributed by atoms with E-state index in [-0.39, 0.29) is 11.6 Å². The zero-order valence-electron chi connectivity index (χ0n) is 16.9. The monoisotopic (exact) mass is 431 g/mol. The lowest BCUT2D eigenvalue weighted by Gasteiger charge is -2.27. The van der Waals surface area contributed by atoms with Gasteiger partial charge in [-0.25, -0.2) is 9.97 Å². The van der Waals surface area contributed by atoms with Gasteiger partial charge in [-0.2, -0.15) is 13.2 Å². The van der Waals surface area contributed by atoms with E-state index in [0.717, 1.165) is 28.8 Å². The van der Waals surface area contributed by atoms with Gasteiger partial charge in [0.05, 0.1) is 42.2 Å². The fraction of sp³-hybridized carbons (Fsp3) is 0.333. The van der Waals surface area contributed by atoms with Gasteiger partial charge in [0.2, 0.25) is 0 Å². The number of carbonyl (C=O) groups is 1. The number of aromatic nitrogens is 3. The molecule has 3 aromatic heterocycles. The number of rotatable bonds is 4. The number of halogens is 3. The maximum absolute atomic E-state index is 13.1. The molecule has 7 nitrogen and oxygen atoms in total. The Morgan fingerprint density at radius 2 is 1.97 bits per heavy atom. The number of amides is 1. The van der Waals surface area contributed by atoms with Crippen LogP contribution in [0.2, 0.25) is 0 Å². The molecule has 0 unspecified atom stereocenters. The van der Waals surface area contributed by atoms with Crippen molar-refractivity contribution in [3.05, 3.63) is 58.7 Å². The van der Waals surface area contributed by atoms with Crippen LogP contribution in [0.25, 0.3) is 10.9 Å². The maximum atomic E-state index is 13.1. The van der Waals surface area contributed by atoms with Crippen LogP contribution in [-0.2, 0) is 24.1 Å². The molecule has 1 aliphatic rings. The maximum Gasteiger partial charge on any atom is 0.417 e. The molecule has 4 heterocycles. The zero-order valence-corrected chi connectivity index (χ0v) is 16.9. The molecule has 4 rings (SSSR count). The fourth-order valence-electron chi connectivity index (χ4n) is 3.77. The molecule has 0 saturated carbocycles. The second kappa shape index (κ2) is 7.77. The Morgan fingerprint density at radius 1 is 1.23 bits per heavy atom. The minimum absolute atomic E-state index is 0.195. The number of nitrogen functional groups attached to an aromatic ring is 1. The first kappa shape index (κ1) is 21.0. The molecular weight excluding hydrogens is 411 g/mol. The molecule has 31 heavy (non-hydrogen) atoms. The molecule has 1 aliphatic heterocycles. The number of pyridine rings is 3. The Labute approximate surface area is 176 Å². The van der Waals surface area contributed by atoms with Crippen LogP contribution >= 0.6 is 0 Å². The first-order valence-corrected chi connectivity index (χ1v) is 9.65. The quantitative estimate of drug-likeness (QED) is 0.674. The molecule has 0 aliphatic carbocycles. The number of hydrogen-bond acceptors (Lipinski definition) is 6. The van der Waals surface area contributed by atoms with E-state index in [1.807, 2.05) is 6.92 Å². The molecule has 3 aromatic rings. The van der Waals surface area contributed by atoms with Crippen molar-refractivity contribution in [3.63, 3.8) is 0 Å². The summed E-state index contributed by atoms with van der Waals surface area (Å²) in [6.45, 7) is 2.57. The average Bonchev–Trinajstić information content (AvgIpc) is 3.24. The van der Waals surface area contributed by atoms with Crippen molar-refractivity contribution in [2.45, 2.75) is 38.8 Å². The second-order valence-electron chi connectivity index (χ2n) is 7.34. The Bertz CT molecular complexity index is 1150. The van der Waals surface area contributed by atoms with Crippen LogP contribution < -0.4 is 5.73 Å². The molecule has 0 bridgehead atoms. The number of nitrogens with zero attached hydrogens (tertiary/aromatic N) is 4. The lowest BCUT2D eigenvalue weighted by atomic mass is 10.0. The second-order valence-corrected chi connectivity index (χ2v) is 7.34. The number of anilines is 1. The molecule has 0 fully saturated rings. The van der Waals surface area contributed by atoms with Gasteiger partial charge in [-0.15, -0.1) is 0 Å². The Balaban J connectivity index is 1.65. The lowest BCUT2D eigenvalue weighted by Crippen LogP contribution is -2.32. The van der Waals surface area contributed by atoms with Crippen molar-refractivity contribution < 1.29 is 22.7 Å². The van der Waals surface area contributed by atoms with Crippen LogP contribution in [0.1, 0.15) is 52.3 Å². The van der Waals surface area contributed by atoms with E-state index < -0.39 is 17.8 Å². The van der Waals surface area contributed by atoms with Crippen LogP contribution in [0.5, 0.6) is 0 Å². The van der Waals surface area contributed by atoms with E-state index in [9.17, 15) is 18.0 Å². The predicted molar refractivity (Wildman–Crippen MR) is 107 cm³/mol. The van der Waals surface area contributed by atoms with Crippen molar-refractivity contribution in [1.29, 1.82) is 0 Å². The van der Waals surface area contributed by atoms with Gasteiger partial charge in [-0.05, 0) is 30.2 Å². The van der Waals surface area contributed by atoms with Crippen LogP contribution in [0.15, 0.2) is 30.6 Å². The Morgan fingerprint density at radius 3 is 2.61 bits per heavy atom. The SMILES string of the molecule is CC[C@H](c1ccc(C(F)(F)F)cn1)N(C)C(=O)c1cc2c3c(c(N)nc2cn1)COC3. The number of nitrogens with two attached hydrogens (primary N) is 1. The van der Waals surface area contributed by atoms with E-state index in [1.54, 1.807) is 13.1 Å². The number of carbonyl (C=O) groups excluding carboxylic acids is 1. The van der Waals surface area contributed by atoms with Gasteiger partial charge in [-0.1, -0.05) is 6.92 Å². The minimum Gasteiger partial charge on any atom is -0.383 e. The predicted octanol–water partition coefficient (Wildman–Crippen LogP) is 3.88. The van der Waals surface area contributed by atoms with Gasteiger partial charge in [0, 0.05) is 24.2 Å². The summed E-state index contributed by atoms with van der Waals surface area (Å²) in [6, 6.07) is 3.41. The molecule has 0 spiro atoms. The largest absolute Gasteiger partial charge is 0.417 e. The Kier molecular flexibility index (Phi) is 5.26. The highest BCUT2D eigenvalue weighted by Gasteiger charge is 2.32. The van der Waals surface area contributed by atoms with Gasteiger partial charge in [0.1, 0.15) is 11.5 Å². The summed E-state index contributed by atoms with van der Waals surface area (Å²) in [4.78, 5) is 27.1. The van der Waals surface area contributed by atoms with Gasteiger partial charge in [0.15, 0.2) is 0 Å². The minimum atomic E-state index is -4.47. The average molecular weight is 431 g/mol. The number of hydrogen-bond donors (Lipinski definition) is 1. The molecule has 0 saturated heterocycles. The first-order valence-electron chi connectivity index (χ1n) is 9.65. The van der Waals surface area contributed by atoms with Crippen molar-refractivity contribution >= 4 is 22.6 Å². The third-order valence-electron chi connectivity index (χ3n) is 5.46. The number of fused-ring (bicyclic) bond motifs is 3. The van der Waals surface area contributed by atoms with Crippen molar-refractivity contribution in [1.82, 2.24) is 19.9 Å². The first-order chi connectivity index (χ1) is 14.7. The van der Waals surface area contributed by atoms with Crippen LogP contribution in [0, 0.1) is 0 Å². The molecule has 0 radical (unpaired) electrons. The number of ether oxygens (including phenoxy) is 1. The molecular formula is C21H20F3N5O2. The van der Waals surface area contributed by atoms with Gasteiger partial charge < -0.3 is 15.4 Å².